The van der Waals surface area contributed by atoms with E-state index in [1.54, 1.807) is 23.5 Å². The number of aryl methyl sites for hydroxylation is 1. The number of ether oxygens (including phenoxy) is 2. The van der Waals surface area contributed by atoms with Gasteiger partial charge in [-0.25, -0.2) is 4.39 Å². The van der Waals surface area contributed by atoms with Gasteiger partial charge in [-0.1, -0.05) is 4.49 Å². The van der Waals surface area contributed by atoms with Crippen molar-refractivity contribution in [2.75, 3.05) is 20.2 Å². The molecular weight excluding hydrogens is 419 g/mol. The molecule has 3 heterocycles. The fourth-order valence-electron chi connectivity index (χ4n) is 3.76. The number of pyridine rings is 1. The number of nitrogens with zero attached hydrogens (tertiary/aromatic N) is 4. The Kier molecular flexibility index (Phi) is 6.41. The van der Waals surface area contributed by atoms with E-state index >= 15 is 0 Å². The minimum atomic E-state index is -0.592. The first-order valence-electron chi connectivity index (χ1n) is 10.0. The molecule has 0 atom stereocenters. The number of hydrogen-bond donors (Lipinski definition) is 0. The van der Waals surface area contributed by atoms with Gasteiger partial charge in [-0.3, -0.25) is 9.78 Å². The van der Waals surface area contributed by atoms with Gasteiger partial charge in [0, 0.05) is 48.1 Å². The molecule has 9 heteroatoms. The molecule has 0 bridgehead atoms. The lowest BCUT2D eigenvalue weighted by Gasteiger charge is -2.32. The van der Waals surface area contributed by atoms with Crippen molar-refractivity contribution in [2.24, 2.45) is 0 Å². The molecule has 2 aromatic heterocycles. The van der Waals surface area contributed by atoms with E-state index in [2.05, 4.69) is 14.6 Å². The van der Waals surface area contributed by atoms with E-state index in [9.17, 15) is 9.18 Å². The molecule has 0 aliphatic carbocycles. The number of rotatable bonds is 6. The number of hydrogen-bond acceptors (Lipinski definition) is 7. The molecule has 1 aliphatic heterocycles. The second-order valence-corrected chi connectivity index (χ2v) is 8.07. The molecule has 1 fully saturated rings. The Morgan fingerprint density at radius 3 is 2.77 bits per heavy atom. The van der Waals surface area contributed by atoms with Crippen molar-refractivity contribution < 1.29 is 18.7 Å². The van der Waals surface area contributed by atoms with Gasteiger partial charge in [-0.05, 0) is 49.3 Å². The Balaban J connectivity index is 1.38. The van der Waals surface area contributed by atoms with E-state index in [1.165, 1.54) is 23.7 Å². The lowest BCUT2D eigenvalue weighted by Crippen LogP contribution is -2.38. The third kappa shape index (κ3) is 4.82. The van der Waals surface area contributed by atoms with Crippen LogP contribution in [0.1, 0.15) is 46.1 Å². The van der Waals surface area contributed by atoms with Crippen LogP contribution < -0.4 is 9.47 Å². The third-order valence-corrected chi connectivity index (χ3v) is 5.99. The zero-order chi connectivity index (χ0) is 21.8. The van der Waals surface area contributed by atoms with Gasteiger partial charge < -0.3 is 14.4 Å². The second kappa shape index (κ2) is 9.38. The quantitative estimate of drug-likeness (QED) is 0.575. The fourth-order valence-corrected chi connectivity index (χ4v) is 4.19. The number of methoxy groups -OCH3 is 1. The average molecular weight is 443 g/mol. The fraction of sp³-hybridized carbons (Fsp3) is 0.364. The second-order valence-electron chi connectivity index (χ2n) is 7.46. The molecule has 1 aromatic carbocycles. The Morgan fingerprint density at radius 1 is 1.29 bits per heavy atom. The van der Waals surface area contributed by atoms with E-state index in [1.807, 2.05) is 19.2 Å². The molecule has 0 N–H and O–H groups in total. The highest BCUT2D eigenvalue weighted by molar-refractivity contribution is 7.03. The molecule has 4 rings (SSSR count). The maximum absolute atomic E-state index is 14.6. The molecule has 0 saturated carbocycles. The molecule has 1 aliphatic rings. The van der Waals surface area contributed by atoms with Crippen molar-refractivity contribution in [2.45, 2.75) is 32.3 Å². The average Bonchev–Trinajstić information content (AvgIpc) is 3.31. The minimum Gasteiger partial charge on any atom is -0.496 e. The summed E-state index contributed by atoms with van der Waals surface area (Å²) in [5.74, 6) is 0.533. The summed E-state index contributed by atoms with van der Waals surface area (Å²) in [6.07, 6.45) is 3.41. The maximum Gasteiger partial charge on any atom is 0.256 e. The topological polar surface area (TPSA) is 77.4 Å². The summed E-state index contributed by atoms with van der Waals surface area (Å²) in [5, 5.41) is 5.64. The number of halogens is 1. The van der Waals surface area contributed by atoms with Crippen LogP contribution in [-0.4, -0.2) is 45.6 Å². The Morgan fingerprint density at radius 2 is 2.10 bits per heavy atom. The van der Waals surface area contributed by atoms with Crippen molar-refractivity contribution >= 4 is 17.4 Å². The highest BCUT2D eigenvalue weighted by Crippen LogP contribution is 2.34. The Hall–Kier alpha value is -3.07. The van der Waals surface area contributed by atoms with Crippen molar-refractivity contribution in [3.05, 3.63) is 64.2 Å². The van der Waals surface area contributed by atoms with E-state index < -0.39 is 5.82 Å². The van der Waals surface area contributed by atoms with E-state index in [-0.39, 0.29) is 24.0 Å². The Labute approximate surface area is 184 Å². The van der Waals surface area contributed by atoms with Crippen LogP contribution in [0.2, 0.25) is 0 Å². The molecular formula is C22H23FN4O3S. The summed E-state index contributed by atoms with van der Waals surface area (Å²) in [7, 11) is 1.65. The number of carbonyl (C=O) groups is 1. The van der Waals surface area contributed by atoms with Gasteiger partial charge in [0.2, 0.25) is 0 Å². The van der Waals surface area contributed by atoms with Gasteiger partial charge in [0.1, 0.15) is 29.6 Å². The van der Waals surface area contributed by atoms with Crippen LogP contribution in [0.4, 0.5) is 4.39 Å². The van der Waals surface area contributed by atoms with Crippen LogP contribution in [0.5, 0.6) is 11.5 Å². The van der Waals surface area contributed by atoms with E-state index in [4.69, 9.17) is 9.47 Å². The highest BCUT2D eigenvalue weighted by atomic mass is 32.1. The van der Waals surface area contributed by atoms with Crippen LogP contribution >= 0.6 is 11.5 Å². The van der Waals surface area contributed by atoms with Gasteiger partial charge in [-0.15, -0.1) is 5.10 Å². The van der Waals surface area contributed by atoms with E-state index in [0.29, 0.717) is 24.5 Å². The zero-order valence-electron chi connectivity index (χ0n) is 17.4. The summed E-state index contributed by atoms with van der Waals surface area (Å²) in [4.78, 5) is 19.0. The predicted molar refractivity (Wildman–Crippen MR) is 114 cm³/mol. The van der Waals surface area contributed by atoms with Gasteiger partial charge in [0.15, 0.2) is 0 Å². The maximum atomic E-state index is 14.6. The van der Waals surface area contributed by atoms with Crippen molar-refractivity contribution in [3.8, 4) is 11.5 Å². The van der Waals surface area contributed by atoms with Crippen LogP contribution in [0.25, 0.3) is 0 Å². The number of amides is 1. The highest BCUT2D eigenvalue weighted by Gasteiger charge is 2.28. The van der Waals surface area contributed by atoms with Gasteiger partial charge >= 0.3 is 0 Å². The smallest absolute Gasteiger partial charge is 0.256 e. The first-order chi connectivity index (χ1) is 15.0. The monoisotopic (exact) mass is 442 g/mol. The SMILES string of the molecule is COc1cc(C)ncc1C1CCN(C(=O)c2ccc(OCc3csnn3)cc2F)CC1. The normalized spacial score (nSPS) is 14.5. The van der Waals surface area contributed by atoms with Crippen molar-refractivity contribution in [3.63, 3.8) is 0 Å². The molecule has 0 radical (unpaired) electrons. The summed E-state index contributed by atoms with van der Waals surface area (Å²) < 4.78 is 29.4. The number of carbonyl (C=O) groups excluding carboxylic acids is 1. The van der Waals surface area contributed by atoms with Gasteiger partial charge in [0.05, 0.1) is 12.7 Å². The summed E-state index contributed by atoms with van der Waals surface area (Å²) in [6.45, 7) is 3.23. The molecule has 1 saturated heterocycles. The Bertz CT molecular complexity index is 1050. The third-order valence-electron chi connectivity index (χ3n) is 5.44. The number of likely N-dealkylation sites (tertiary alicyclic amines) is 1. The summed E-state index contributed by atoms with van der Waals surface area (Å²) in [5.41, 5.74) is 2.69. The van der Waals surface area contributed by atoms with Crippen LogP contribution in [0.3, 0.4) is 0 Å². The molecule has 3 aromatic rings. The molecule has 0 unspecified atom stereocenters. The number of aromatic nitrogens is 3. The number of piperidine rings is 1. The van der Waals surface area contributed by atoms with Gasteiger partial charge in [-0.2, -0.15) is 0 Å². The van der Waals surface area contributed by atoms with Gasteiger partial charge in [0.25, 0.3) is 5.91 Å². The van der Waals surface area contributed by atoms with Crippen LogP contribution in [0, 0.1) is 12.7 Å². The zero-order valence-corrected chi connectivity index (χ0v) is 18.2. The standard InChI is InChI=1S/C22H23FN4O3S/c1-14-9-21(29-2)19(11-24-14)15-5-7-27(8-6-15)22(28)18-4-3-17(10-20(18)23)30-12-16-13-31-26-25-16/h3-4,9-11,13,15H,5-8,12H2,1-2H3. The first-order valence-corrected chi connectivity index (χ1v) is 10.9. The molecule has 31 heavy (non-hydrogen) atoms. The lowest BCUT2D eigenvalue weighted by molar-refractivity contribution is 0.0707. The van der Waals surface area contributed by atoms with E-state index in [0.717, 1.165) is 29.8 Å². The predicted octanol–water partition coefficient (Wildman–Crippen LogP) is 3.99. The minimum absolute atomic E-state index is 0.0516. The first kappa shape index (κ1) is 21.2. The largest absolute Gasteiger partial charge is 0.496 e. The van der Waals surface area contributed by atoms with Crippen molar-refractivity contribution in [1.82, 2.24) is 19.5 Å². The lowest BCUT2D eigenvalue weighted by atomic mass is 9.89. The molecule has 7 nitrogen and oxygen atoms in total. The molecule has 0 spiro atoms. The van der Waals surface area contributed by atoms with Crippen LogP contribution in [0.15, 0.2) is 35.8 Å². The van der Waals surface area contributed by atoms with Crippen LogP contribution in [-0.2, 0) is 6.61 Å². The van der Waals surface area contributed by atoms with Crippen molar-refractivity contribution in [1.29, 1.82) is 0 Å². The summed E-state index contributed by atoms with van der Waals surface area (Å²) in [6, 6.07) is 6.25. The number of benzene rings is 1. The molecule has 1 amide bonds. The summed E-state index contributed by atoms with van der Waals surface area (Å²) >= 11 is 1.23. The molecule has 162 valence electrons.